The number of hydrogen-bond donors (Lipinski definition) is 0. The molecular weight excluding hydrogens is 192 g/mol. The van der Waals surface area contributed by atoms with Gasteiger partial charge in [0.25, 0.3) is 0 Å². The summed E-state index contributed by atoms with van der Waals surface area (Å²) in [7, 11) is 1.67. The number of halogens is 1. The summed E-state index contributed by atoms with van der Waals surface area (Å²) in [6.07, 6.45) is 1.62. The van der Waals surface area contributed by atoms with Gasteiger partial charge in [-0.2, -0.15) is 0 Å². The standard InChI is InChI=1S/C8H13ClN2O2/c1-6(9)8-11-10-7(13-8)4-3-5-12-2/h6H,3-5H2,1-2H3. The van der Waals surface area contributed by atoms with Gasteiger partial charge >= 0.3 is 0 Å². The number of aryl methyl sites for hydroxylation is 1. The van der Waals surface area contributed by atoms with E-state index >= 15 is 0 Å². The summed E-state index contributed by atoms with van der Waals surface area (Å²) in [5.74, 6) is 1.11. The van der Waals surface area contributed by atoms with Crippen LogP contribution in [-0.4, -0.2) is 23.9 Å². The summed E-state index contributed by atoms with van der Waals surface area (Å²) >= 11 is 5.76. The van der Waals surface area contributed by atoms with Crippen LogP contribution in [0.3, 0.4) is 0 Å². The normalized spacial score (nSPS) is 13.2. The van der Waals surface area contributed by atoms with Crippen LogP contribution in [0, 0.1) is 0 Å². The van der Waals surface area contributed by atoms with E-state index in [9.17, 15) is 0 Å². The topological polar surface area (TPSA) is 48.2 Å². The Morgan fingerprint density at radius 1 is 1.54 bits per heavy atom. The van der Waals surface area contributed by atoms with Crippen LogP contribution in [0.15, 0.2) is 4.42 Å². The van der Waals surface area contributed by atoms with Gasteiger partial charge < -0.3 is 9.15 Å². The molecule has 1 aromatic rings. The number of alkyl halides is 1. The molecule has 1 unspecified atom stereocenters. The van der Waals surface area contributed by atoms with Gasteiger partial charge in [-0.05, 0) is 13.3 Å². The molecule has 0 bridgehead atoms. The molecule has 0 fully saturated rings. The van der Waals surface area contributed by atoms with Crippen LogP contribution in [0.4, 0.5) is 0 Å². The first-order valence-corrected chi connectivity index (χ1v) is 4.63. The van der Waals surface area contributed by atoms with Crippen molar-refractivity contribution in [2.45, 2.75) is 25.1 Å². The number of nitrogens with zero attached hydrogens (tertiary/aromatic N) is 2. The van der Waals surface area contributed by atoms with E-state index in [1.807, 2.05) is 0 Å². The molecule has 1 aromatic heterocycles. The maximum Gasteiger partial charge on any atom is 0.234 e. The van der Waals surface area contributed by atoms with Crippen LogP contribution in [0.25, 0.3) is 0 Å². The minimum Gasteiger partial charge on any atom is -0.424 e. The van der Waals surface area contributed by atoms with Crippen molar-refractivity contribution >= 4 is 11.6 Å². The Morgan fingerprint density at radius 3 is 2.85 bits per heavy atom. The third kappa shape index (κ3) is 3.32. The lowest BCUT2D eigenvalue weighted by atomic mass is 10.3. The van der Waals surface area contributed by atoms with Crippen molar-refractivity contribution in [3.8, 4) is 0 Å². The average Bonchev–Trinajstić information content (AvgIpc) is 2.53. The lowest BCUT2D eigenvalue weighted by molar-refractivity contribution is 0.192. The van der Waals surface area contributed by atoms with Crippen LogP contribution in [0.1, 0.15) is 30.5 Å². The second-order valence-corrected chi connectivity index (χ2v) is 3.40. The highest BCUT2D eigenvalue weighted by Crippen LogP contribution is 2.17. The number of ether oxygens (including phenoxy) is 1. The summed E-state index contributed by atoms with van der Waals surface area (Å²) in [6.45, 7) is 2.50. The largest absolute Gasteiger partial charge is 0.424 e. The first-order chi connectivity index (χ1) is 6.24. The van der Waals surface area contributed by atoms with Crippen LogP contribution in [0.2, 0.25) is 0 Å². The molecule has 4 nitrogen and oxygen atoms in total. The molecule has 0 spiro atoms. The second kappa shape index (κ2) is 5.19. The van der Waals surface area contributed by atoms with Crippen molar-refractivity contribution in [3.05, 3.63) is 11.8 Å². The first kappa shape index (κ1) is 10.5. The second-order valence-electron chi connectivity index (χ2n) is 2.75. The molecule has 0 radical (unpaired) electrons. The Balaban J connectivity index is 2.40. The molecule has 0 aliphatic heterocycles. The molecule has 0 aromatic carbocycles. The van der Waals surface area contributed by atoms with Crippen LogP contribution in [-0.2, 0) is 11.2 Å². The van der Waals surface area contributed by atoms with E-state index in [1.54, 1.807) is 14.0 Å². The predicted octanol–water partition coefficient (Wildman–Crippen LogP) is 1.95. The summed E-state index contributed by atoms with van der Waals surface area (Å²) in [6, 6.07) is 0. The van der Waals surface area contributed by atoms with Gasteiger partial charge in [-0.3, -0.25) is 0 Å². The smallest absolute Gasteiger partial charge is 0.234 e. The Hall–Kier alpha value is -0.610. The van der Waals surface area contributed by atoms with Crippen LogP contribution >= 0.6 is 11.6 Å². The quantitative estimate of drug-likeness (QED) is 0.543. The summed E-state index contributed by atoms with van der Waals surface area (Å²) < 4.78 is 10.2. The maximum atomic E-state index is 5.76. The maximum absolute atomic E-state index is 5.76. The molecule has 1 rings (SSSR count). The monoisotopic (exact) mass is 204 g/mol. The Morgan fingerprint density at radius 2 is 2.31 bits per heavy atom. The fourth-order valence-corrected chi connectivity index (χ4v) is 0.984. The van der Waals surface area contributed by atoms with Gasteiger partial charge in [-0.15, -0.1) is 21.8 Å². The van der Waals surface area contributed by atoms with Gasteiger partial charge in [0.2, 0.25) is 11.8 Å². The van der Waals surface area contributed by atoms with E-state index in [-0.39, 0.29) is 5.38 Å². The van der Waals surface area contributed by atoms with Crippen molar-refractivity contribution in [3.63, 3.8) is 0 Å². The molecule has 0 amide bonds. The highest BCUT2D eigenvalue weighted by atomic mass is 35.5. The van der Waals surface area contributed by atoms with Crippen LogP contribution in [0.5, 0.6) is 0 Å². The predicted molar refractivity (Wildman–Crippen MR) is 48.8 cm³/mol. The number of methoxy groups -OCH3 is 1. The molecule has 1 heterocycles. The average molecular weight is 205 g/mol. The van der Waals surface area contributed by atoms with Gasteiger partial charge in [0.05, 0.1) is 0 Å². The minimum absolute atomic E-state index is 0.219. The fraction of sp³-hybridized carbons (Fsp3) is 0.750. The molecule has 0 aliphatic rings. The third-order valence-corrected chi connectivity index (χ3v) is 1.75. The number of hydrogen-bond acceptors (Lipinski definition) is 4. The van der Waals surface area contributed by atoms with Crippen molar-refractivity contribution in [2.75, 3.05) is 13.7 Å². The minimum atomic E-state index is -0.219. The van der Waals surface area contributed by atoms with Gasteiger partial charge in [-0.1, -0.05) is 0 Å². The van der Waals surface area contributed by atoms with Gasteiger partial charge in [0, 0.05) is 20.1 Å². The SMILES string of the molecule is COCCCc1nnc(C(C)Cl)o1. The van der Waals surface area contributed by atoms with Crippen molar-refractivity contribution in [2.24, 2.45) is 0 Å². The molecule has 74 valence electrons. The van der Waals surface area contributed by atoms with E-state index in [1.165, 1.54) is 0 Å². The Kier molecular flexibility index (Phi) is 4.18. The van der Waals surface area contributed by atoms with Gasteiger partial charge in [-0.25, -0.2) is 0 Å². The molecule has 0 saturated carbocycles. The Bertz CT molecular complexity index is 250. The highest BCUT2D eigenvalue weighted by Gasteiger charge is 2.10. The molecule has 0 saturated heterocycles. The zero-order valence-electron chi connectivity index (χ0n) is 7.79. The van der Waals surface area contributed by atoms with Gasteiger partial charge in [0.1, 0.15) is 5.38 Å². The molecule has 0 N–H and O–H groups in total. The van der Waals surface area contributed by atoms with E-state index < -0.39 is 0 Å². The van der Waals surface area contributed by atoms with E-state index in [2.05, 4.69) is 10.2 Å². The third-order valence-electron chi connectivity index (χ3n) is 1.56. The molecule has 0 aliphatic carbocycles. The van der Waals surface area contributed by atoms with E-state index in [0.29, 0.717) is 18.4 Å². The van der Waals surface area contributed by atoms with Crippen molar-refractivity contribution in [1.82, 2.24) is 10.2 Å². The van der Waals surface area contributed by atoms with Crippen molar-refractivity contribution in [1.29, 1.82) is 0 Å². The summed E-state index contributed by atoms with van der Waals surface area (Å²) in [5, 5.41) is 7.44. The first-order valence-electron chi connectivity index (χ1n) is 4.19. The van der Waals surface area contributed by atoms with E-state index in [4.69, 9.17) is 20.8 Å². The molecule has 1 atom stereocenters. The molecule has 13 heavy (non-hydrogen) atoms. The zero-order valence-corrected chi connectivity index (χ0v) is 8.54. The molecule has 5 heteroatoms. The summed E-state index contributed by atoms with van der Waals surface area (Å²) in [4.78, 5) is 0. The lowest BCUT2D eigenvalue weighted by Gasteiger charge is -1.94. The lowest BCUT2D eigenvalue weighted by Crippen LogP contribution is -1.92. The summed E-state index contributed by atoms with van der Waals surface area (Å²) in [5.41, 5.74) is 0. The number of aromatic nitrogens is 2. The van der Waals surface area contributed by atoms with Gasteiger partial charge in [0.15, 0.2) is 0 Å². The zero-order chi connectivity index (χ0) is 9.68. The Labute approximate surface area is 82.2 Å². The highest BCUT2D eigenvalue weighted by molar-refractivity contribution is 6.20. The van der Waals surface area contributed by atoms with Crippen molar-refractivity contribution < 1.29 is 9.15 Å². The fourth-order valence-electron chi connectivity index (χ4n) is 0.896. The van der Waals surface area contributed by atoms with E-state index in [0.717, 1.165) is 12.8 Å². The molecular formula is C8H13ClN2O2. The number of rotatable bonds is 5. The van der Waals surface area contributed by atoms with Crippen LogP contribution < -0.4 is 0 Å².